The van der Waals surface area contributed by atoms with Gasteiger partial charge in [0.25, 0.3) is 5.91 Å². The molecule has 6 heteroatoms. The van der Waals surface area contributed by atoms with Crippen molar-refractivity contribution in [1.82, 2.24) is 14.7 Å². The number of benzene rings is 2. The highest BCUT2D eigenvalue weighted by Gasteiger charge is 2.15. The van der Waals surface area contributed by atoms with Gasteiger partial charge in [0.1, 0.15) is 5.69 Å². The lowest BCUT2D eigenvalue weighted by molar-refractivity contribution is 0.0945. The summed E-state index contributed by atoms with van der Waals surface area (Å²) in [4.78, 5) is 18.0. The average molecular weight is 382 g/mol. The zero-order valence-electron chi connectivity index (χ0n) is 14.1. The number of halogens is 1. The van der Waals surface area contributed by atoms with E-state index in [-0.39, 0.29) is 5.91 Å². The van der Waals surface area contributed by atoms with Crippen molar-refractivity contribution >= 4 is 33.8 Å². The topological polar surface area (TPSA) is 46.4 Å². The Morgan fingerprint density at radius 1 is 1.15 bits per heavy atom. The average Bonchev–Trinajstić information content (AvgIpc) is 3.22. The minimum absolute atomic E-state index is 0.126. The van der Waals surface area contributed by atoms with Gasteiger partial charge in [-0.1, -0.05) is 53.6 Å². The quantitative estimate of drug-likeness (QED) is 0.543. The fourth-order valence-corrected chi connectivity index (χ4v) is 3.67. The van der Waals surface area contributed by atoms with Crippen LogP contribution in [0.2, 0.25) is 5.02 Å². The van der Waals surface area contributed by atoms with Crippen LogP contribution in [0.5, 0.6) is 0 Å². The van der Waals surface area contributed by atoms with E-state index >= 15 is 0 Å². The van der Waals surface area contributed by atoms with Gasteiger partial charge >= 0.3 is 0 Å². The molecule has 0 bridgehead atoms. The first-order valence-electron chi connectivity index (χ1n) is 8.16. The number of imidazole rings is 1. The molecule has 0 fully saturated rings. The molecule has 1 N–H and O–H groups in total. The first kappa shape index (κ1) is 16.8. The molecule has 0 aliphatic rings. The van der Waals surface area contributed by atoms with Crippen LogP contribution in [0.25, 0.3) is 16.2 Å². The van der Waals surface area contributed by atoms with Gasteiger partial charge in [-0.05, 0) is 24.6 Å². The first-order chi connectivity index (χ1) is 12.6. The highest BCUT2D eigenvalue weighted by molar-refractivity contribution is 7.15. The van der Waals surface area contributed by atoms with E-state index in [4.69, 9.17) is 11.6 Å². The molecule has 4 aromatic rings. The number of carbonyl (C=O) groups excluding carboxylic acids is 1. The molecule has 0 aliphatic carbocycles. The van der Waals surface area contributed by atoms with Crippen molar-refractivity contribution in [2.45, 2.75) is 13.5 Å². The minimum atomic E-state index is -0.126. The number of nitrogens with one attached hydrogen (secondary N) is 1. The van der Waals surface area contributed by atoms with E-state index in [9.17, 15) is 4.79 Å². The molecule has 130 valence electrons. The summed E-state index contributed by atoms with van der Waals surface area (Å²) < 4.78 is 1.84. The van der Waals surface area contributed by atoms with Crippen LogP contribution in [0.3, 0.4) is 0 Å². The predicted molar refractivity (Wildman–Crippen MR) is 106 cm³/mol. The van der Waals surface area contributed by atoms with Gasteiger partial charge in [-0.15, -0.1) is 11.3 Å². The van der Waals surface area contributed by atoms with Crippen molar-refractivity contribution in [2.75, 3.05) is 0 Å². The molecule has 4 nitrogen and oxygen atoms in total. The molecule has 0 aliphatic heterocycles. The van der Waals surface area contributed by atoms with Crippen LogP contribution in [0.4, 0.5) is 0 Å². The Balaban J connectivity index is 1.55. The van der Waals surface area contributed by atoms with E-state index in [1.54, 1.807) is 0 Å². The molecule has 0 unspecified atom stereocenters. The van der Waals surface area contributed by atoms with Crippen molar-refractivity contribution < 1.29 is 4.79 Å². The molecule has 1 amide bonds. The van der Waals surface area contributed by atoms with Gasteiger partial charge in [-0.2, -0.15) is 0 Å². The predicted octanol–water partition coefficient (Wildman–Crippen LogP) is 4.95. The fraction of sp³-hybridized carbons (Fsp3) is 0.100. The van der Waals surface area contributed by atoms with Crippen molar-refractivity contribution in [2.24, 2.45) is 0 Å². The van der Waals surface area contributed by atoms with Crippen molar-refractivity contribution in [3.05, 3.63) is 82.0 Å². The molecule has 0 saturated heterocycles. The molecule has 0 atom stereocenters. The SMILES string of the molecule is Cc1ccc(-c2cn3c(C(=O)NCc4ccc(Cl)cc4)csc3n2)cc1. The molecule has 2 aromatic heterocycles. The summed E-state index contributed by atoms with van der Waals surface area (Å²) in [6, 6.07) is 15.6. The Bertz CT molecular complexity index is 1060. The molecule has 2 heterocycles. The second kappa shape index (κ2) is 6.94. The monoisotopic (exact) mass is 381 g/mol. The summed E-state index contributed by atoms with van der Waals surface area (Å²) in [6.07, 6.45) is 1.91. The lowest BCUT2D eigenvalue weighted by atomic mass is 10.1. The number of carbonyl (C=O) groups is 1. The number of rotatable bonds is 4. The number of aromatic nitrogens is 2. The maximum atomic E-state index is 12.6. The lowest BCUT2D eigenvalue weighted by Crippen LogP contribution is -2.23. The summed E-state index contributed by atoms with van der Waals surface area (Å²) in [5.74, 6) is -0.126. The van der Waals surface area contributed by atoms with E-state index in [2.05, 4.69) is 29.4 Å². The van der Waals surface area contributed by atoms with Crippen LogP contribution in [0.15, 0.2) is 60.1 Å². The zero-order chi connectivity index (χ0) is 18.1. The summed E-state index contributed by atoms with van der Waals surface area (Å²) in [6.45, 7) is 2.51. The second-order valence-electron chi connectivity index (χ2n) is 6.07. The standard InChI is InChI=1S/C20H16ClN3OS/c1-13-2-6-15(7-3-13)17-11-24-18(12-26-20(24)23-17)19(25)22-10-14-4-8-16(21)9-5-14/h2-9,11-12H,10H2,1H3,(H,22,25). The van der Waals surface area contributed by atoms with E-state index < -0.39 is 0 Å². The number of thiazole rings is 1. The maximum Gasteiger partial charge on any atom is 0.269 e. The number of fused-ring (bicyclic) bond motifs is 1. The molecule has 0 saturated carbocycles. The second-order valence-corrected chi connectivity index (χ2v) is 7.35. The Morgan fingerprint density at radius 2 is 1.88 bits per heavy atom. The summed E-state index contributed by atoms with van der Waals surface area (Å²) in [7, 11) is 0. The first-order valence-corrected chi connectivity index (χ1v) is 9.42. The smallest absolute Gasteiger partial charge is 0.269 e. The van der Waals surface area contributed by atoms with E-state index in [1.807, 2.05) is 52.4 Å². The Kier molecular flexibility index (Phi) is 4.49. The van der Waals surface area contributed by atoms with Gasteiger partial charge in [-0.3, -0.25) is 9.20 Å². The third-order valence-electron chi connectivity index (χ3n) is 4.16. The van der Waals surface area contributed by atoms with Crippen LogP contribution >= 0.6 is 22.9 Å². The molecule has 4 rings (SSSR count). The normalized spacial score (nSPS) is 11.0. The summed E-state index contributed by atoms with van der Waals surface area (Å²) in [5.41, 5.74) is 4.70. The van der Waals surface area contributed by atoms with Crippen LogP contribution in [0, 0.1) is 6.92 Å². The fourth-order valence-electron chi connectivity index (χ4n) is 2.69. The van der Waals surface area contributed by atoms with Crippen molar-refractivity contribution in [3.8, 4) is 11.3 Å². The van der Waals surface area contributed by atoms with Gasteiger partial charge in [0, 0.05) is 28.7 Å². The molecular weight excluding hydrogens is 366 g/mol. The maximum absolute atomic E-state index is 12.6. The van der Waals surface area contributed by atoms with Gasteiger partial charge in [-0.25, -0.2) is 4.98 Å². The number of nitrogens with zero attached hydrogens (tertiary/aromatic N) is 2. The van der Waals surface area contributed by atoms with Crippen molar-refractivity contribution in [3.63, 3.8) is 0 Å². The lowest BCUT2D eigenvalue weighted by Gasteiger charge is -2.04. The highest BCUT2D eigenvalue weighted by Crippen LogP contribution is 2.24. The van der Waals surface area contributed by atoms with Crippen LogP contribution < -0.4 is 5.32 Å². The molecule has 0 radical (unpaired) electrons. The van der Waals surface area contributed by atoms with E-state index in [0.29, 0.717) is 17.3 Å². The summed E-state index contributed by atoms with van der Waals surface area (Å²) >= 11 is 7.34. The van der Waals surface area contributed by atoms with E-state index in [1.165, 1.54) is 16.9 Å². The third-order valence-corrected chi connectivity index (χ3v) is 5.25. The minimum Gasteiger partial charge on any atom is -0.347 e. The zero-order valence-corrected chi connectivity index (χ0v) is 15.6. The summed E-state index contributed by atoms with van der Waals surface area (Å²) in [5, 5.41) is 5.46. The molecular formula is C20H16ClN3OS. The van der Waals surface area contributed by atoms with Crippen LogP contribution in [-0.2, 0) is 6.54 Å². The number of aryl methyl sites for hydroxylation is 1. The third kappa shape index (κ3) is 3.36. The van der Waals surface area contributed by atoms with Crippen molar-refractivity contribution in [1.29, 1.82) is 0 Å². The van der Waals surface area contributed by atoms with Gasteiger partial charge in [0.05, 0.1) is 5.69 Å². The highest BCUT2D eigenvalue weighted by atomic mass is 35.5. The molecule has 2 aromatic carbocycles. The number of amides is 1. The number of hydrogen-bond donors (Lipinski definition) is 1. The Morgan fingerprint density at radius 3 is 2.62 bits per heavy atom. The largest absolute Gasteiger partial charge is 0.347 e. The molecule has 26 heavy (non-hydrogen) atoms. The van der Waals surface area contributed by atoms with Gasteiger partial charge in [0.2, 0.25) is 0 Å². The number of hydrogen-bond acceptors (Lipinski definition) is 3. The van der Waals surface area contributed by atoms with Crippen LogP contribution in [-0.4, -0.2) is 15.3 Å². The van der Waals surface area contributed by atoms with E-state index in [0.717, 1.165) is 21.8 Å². The Labute approximate surface area is 160 Å². The van der Waals surface area contributed by atoms with Gasteiger partial charge < -0.3 is 5.32 Å². The van der Waals surface area contributed by atoms with Crippen LogP contribution in [0.1, 0.15) is 21.6 Å². The van der Waals surface area contributed by atoms with Gasteiger partial charge in [0.15, 0.2) is 4.96 Å². The Hall–Kier alpha value is -2.63. The molecule has 0 spiro atoms.